The van der Waals surface area contributed by atoms with Crippen molar-refractivity contribution in [3.8, 4) is 0 Å². The van der Waals surface area contributed by atoms with Crippen LogP contribution in [-0.4, -0.2) is 51.9 Å². The van der Waals surface area contributed by atoms with E-state index in [0.717, 1.165) is 38.9 Å². The minimum Gasteiger partial charge on any atom is -0.343 e. The van der Waals surface area contributed by atoms with Crippen molar-refractivity contribution >= 4 is 17.2 Å². The smallest absolute Gasteiger partial charge is 0.222 e. The molecule has 2 fully saturated rings. The molecule has 26 heavy (non-hydrogen) atoms. The summed E-state index contributed by atoms with van der Waals surface area (Å²) in [5.74, 6) is 0.296. The van der Waals surface area contributed by atoms with Gasteiger partial charge in [-0.05, 0) is 55.8 Å². The molecule has 2 aromatic heterocycles. The second-order valence-electron chi connectivity index (χ2n) is 7.66. The lowest BCUT2D eigenvalue weighted by molar-refractivity contribution is -0.132. The van der Waals surface area contributed by atoms with Crippen LogP contribution in [0.5, 0.6) is 0 Å². The van der Waals surface area contributed by atoms with E-state index in [1.807, 2.05) is 23.7 Å². The first kappa shape index (κ1) is 17.6. The third kappa shape index (κ3) is 3.81. The summed E-state index contributed by atoms with van der Waals surface area (Å²) in [6.45, 7) is 2.77. The minimum atomic E-state index is 0.296. The van der Waals surface area contributed by atoms with Gasteiger partial charge in [0.15, 0.2) is 0 Å². The van der Waals surface area contributed by atoms with Gasteiger partial charge in [-0.15, -0.1) is 11.3 Å². The number of pyridine rings is 1. The Kier molecular flexibility index (Phi) is 5.05. The highest BCUT2D eigenvalue weighted by atomic mass is 32.1. The summed E-state index contributed by atoms with van der Waals surface area (Å²) < 4.78 is 0. The number of hydrogen-bond acceptors (Lipinski definition) is 5. The molecule has 1 aliphatic heterocycles. The molecule has 2 aromatic rings. The van der Waals surface area contributed by atoms with Gasteiger partial charge in [-0.3, -0.25) is 14.7 Å². The Balaban J connectivity index is 1.23. The van der Waals surface area contributed by atoms with Gasteiger partial charge in [-0.2, -0.15) is 0 Å². The highest BCUT2D eigenvalue weighted by Crippen LogP contribution is 2.56. The molecule has 3 heterocycles. The number of aromatic nitrogens is 2. The fourth-order valence-electron chi connectivity index (χ4n) is 4.30. The predicted molar refractivity (Wildman–Crippen MR) is 103 cm³/mol. The standard InChI is InChI=1S/C20H26N4OS/c1-23(15-18-22-10-13-26-18)17-14-20(17)6-11-24(12-7-20)19(25)3-2-16-4-8-21-9-5-16/h4-5,8-10,13,17H,2-3,6-7,11-12,14-15H2,1H3. The lowest BCUT2D eigenvalue weighted by Crippen LogP contribution is -2.41. The number of carbonyl (C=O) groups is 1. The highest BCUT2D eigenvalue weighted by Gasteiger charge is 2.56. The zero-order chi connectivity index (χ0) is 18.0. The van der Waals surface area contributed by atoms with E-state index in [4.69, 9.17) is 0 Å². The highest BCUT2D eigenvalue weighted by molar-refractivity contribution is 7.09. The monoisotopic (exact) mass is 370 g/mol. The summed E-state index contributed by atoms with van der Waals surface area (Å²) in [7, 11) is 2.22. The third-order valence-corrected chi connectivity index (χ3v) is 6.80. The van der Waals surface area contributed by atoms with Crippen molar-refractivity contribution in [2.45, 2.75) is 44.7 Å². The summed E-state index contributed by atoms with van der Waals surface area (Å²) in [5, 5.41) is 3.24. The van der Waals surface area contributed by atoms with Crippen LogP contribution in [0.4, 0.5) is 0 Å². The molecule has 138 valence electrons. The summed E-state index contributed by atoms with van der Waals surface area (Å²) in [6.07, 6.45) is 10.4. The molecular weight excluding hydrogens is 344 g/mol. The number of hydrogen-bond donors (Lipinski definition) is 0. The van der Waals surface area contributed by atoms with Crippen molar-refractivity contribution < 1.29 is 4.79 Å². The number of rotatable bonds is 6. The molecular formula is C20H26N4OS. The second kappa shape index (κ2) is 7.45. The van der Waals surface area contributed by atoms with Gasteiger partial charge in [0.1, 0.15) is 5.01 Å². The molecule has 2 aliphatic rings. The van der Waals surface area contributed by atoms with Gasteiger partial charge in [0.2, 0.25) is 5.91 Å². The van der Waals surface area contributed by atoms with Gasteiger partial charge < -0.3 is 4.90 Å². The van der Waals surface area contributed by atoms with E-state index in [2.05, 4.69) is 26.8 Å². The molecule has 1 aliphatic carbocycles. The lowest BCUT2D eigenvalue weighted by Gasteiger charge is -2.34. The maximum Gasteiger partial charge on any atom is 0.222 e. The van der Waals surface area contributed by atoms with E-state index in [0.29, 0.717) is 23.8 Å². The maximum absolute atomic E-state index is 12.5. The molecule has 1 unspecified atom stereocenters. The zero-order valence-electron chi connectivity index (χ0n) is 15.3. The number of nitrogens with zero attached hydrogens (tertiary/aromatic N) is 4. The first-order chi connectivity index (χ1) is 12.7. The number of piperidine rings is 1. The SMILES string of the molecule is CN(Cc1nccs1)C1CC12CCN(C(=O)CCc1ccncc1)CC2. The predicted octanol–water partition coefficient (Wildman–Crippen LogP) is 2.98. The third-order valence-electron chi connectivity index (χ3n) is 6.04. The van der Waals surface area contributed by atoms with Gasteiger partial charge in [-0.1, -0.05) is 0 Å². The Bertz CT molecular complexity index is 726. The average Bonchev–Trinajstić information content (AvgIpc) is 3.11. The van der Waals surface area contributed by atoms with E-state index in [1.165, 1.54) is 17.0 Å². The zero-order valence-corrected chi connectivity index (χ0v) is 16.1. The Labute approximate surface area is 159 Å². The molecule has 1 spiro atoms. The first-order valence-electron chi connectivity index (χ1n) is 9.42. The number of carbonyl (C=O) groups excluding carboxylic acids is 1. The Hall–Kier alpha value is -1.79. The number of thiazole rings is 1. The summed E-state index contributed by atoms with van der Waals surface area (Å²) in [5.41, 5.74) is 1.63. The molecule has 5 nitrogen and oxygen atoms in total. The Morgan fingerprint density at radius 3 is 2.77 bits per heavy atom. The van der Waals surface area contributed by atoms with Crippen LogP contribution in [0.25, 0.3) is 0 Å². The van der Waals surface area contributed by atoms with Crippen molar-refractivity contribution in [1.29, 1.82) is 0 Å². The van der Waals surface area contributed by atoms with Crippen molar-refractivity contribution in [1.82, 2.24) is 19.8 Å². The second-order valence-corrected chi connectivity index (χ2v) is 8.64. The summed E-state index contributed by atoms with van der Waals surface area (Å²) in [6, 6.07) is 4.64. The van der Waals surface area contributed by atoms with Crippen LogP contribution in [-0.2, 0) is 17.8 Å². The van der Waals surface area contributed by atoms with Crippen LogP contribution in [0, 0.1) is 5.41 Å². The molecule has 1 atom stereocenters. The lowest BCUT2D eigenvalue weighted by atomic mass is 9.92. The van der Waals surface area contributed by atoms with Gasteiger partial charge in [-0.25, -0.2) is 4.98 Å². The number of amides is 1. The molecule has 1 amide bonds. The van der Waals surface area contributed by atoms with E-state index in [-0.39, 0.29) is 0 Å². The molecule has 6 heteroatoms. The maximum atomic E-state index is 12.5. The van der Waals surface area contributed by atoms with E-state index < -0.39 is 0 Å². The van der Waals surface area contributed by atoms with Crippen LogP contribution in [0.3, 0.4) is 0 Å². The fourth-order valence-corrected chi connectivity index (χ4v) is 4.98. The molecule has 4 rings (SSSR count). The van der Waals surface area contributed by atoms with Crippen molar-refractivity contribution in [3.05, 3.63) is 46.7 Å². The Morgan fingerprint density at radius 2 is 2.08 bits per heavy atom. The van der Waals surface area contributed by atoms with Crippen molar-refractivity contribution in [3.63, 3.8) is 0 Å². The minimum absolute atomic E-state index is 0.296. The van der Waals surface area contributed by atoms with Gasteiger partial charge in [0.25, 0.3) is 0 Å². The van der Waals surface area contributed by atoms with Crippen LogP contribution >= 0.6 is 11.3 Å². The van der Waals surface area contributed by atoms with Crippen molar-refractivity contribution in [2.75, 3.05) is 20.1 Å². The fraction of sp³-hybridized carbons (Fsp3) is 0.550. The number of aryl methyl sites for hydroxylation is 1. The van der Waals surface area contributed by atoms with Gasteiger partial charge >= 0.3 is 0 Å². The van der Waals surface area contributed by atoms with Crippen LogP contribution in [0.1, 0.15) is 36.3 Å². The quantitative estimate of drug-likeness (QED) is 0.784. The van der Waals surface area contributed by atoms with Crippen LogP contribution in [0.2, 0.25) is 0 Å². The van der Waals surface area contributed by atoms with Crippen LogP contribution < -0.4 is 0 Å². The van der Waals surface area contributed by atoms with E-state index >= 15 is 0 Å². The average molecular weight is 371 g/mol. The number of likely N-dealkylation sites (tertiary alicyclic amines) is 1. The molecule has 0 radical (unpaired) electrons. The van der Waals surface area contributed by atoms with Gasteiger partial charge in [0.05, 0.1) is 6.54 Å². The summed E-state index contributed by atoms with van der Waals surface area (Å²) in [4.78, 5) is 25.5. The van der Waals surface area contributed by atoms with E-state index in [1.54, 1.807) is 23.7 Å². The van der Waals surface area contributed by atoms with Gasteiger partial charge in [0, 0.05) is 49.5 Å². The van der Waals surface area contributed by atoms with Crippen LogP contribution in [0.15, 0.2) is 36.1 Å². The summed E-state index contributed by atoms with van der Waals surface area (Å²) >= 11 is 1.73. The first-order valence-corrected chi connectivity index (χ1v) is 10.3. The normalized spacial score (nSPS) is 21.3. The largest absolute Gasteiger partial charge is 0.343 e. The van der Waals surface area contributed by atoms with Crippen molar-refractivity contribution in [2.24, 2.45) is 5.41 Å². The molecule has 1 saturated heterocycles. The topological polar surface area (TPSA) is 49.3 Å². The molecule has 0 N–H and O–H groups in total. The molecule has 0 bridgehead atoms. The van der Waals surface area contributed by atoms with E-state index in [9.17, 15) is 4.79 Å². The Morgan fingerprint density at radius 1 is 1.31 bits per heavy atom. The molecule has 1 saturated carbocycles. The molecule has 0 aromatic carbocycles.